The van der Waals surface area contributed by atoms with Gasteiger partial charge in [-0.3, -0.25) is 4.79 Å². The van der Waals surface area contributed by atoms with Crippen molar-refractivity contribution in [3.05, 3.63) is 11.9 Å². The van der Waals surface area contributed by atoms with E-state index in [1.54, 1.807) is 6.20 Å². The first-order valence-electron chi connectivity index (χ1n) is 4.52. The molecule has 1 aromatic rings. The van der Waals surface area contributed by atoms with Crippen molar-refractivity contribution >= 4 is 5.97 Å². The van der Waals surface area contributed by atoms with Crippen LogP contribution >= 0.6 is 0 Å². The summed E-state index contributed by atoms with van der Waals surface area (Å²) in [6.07, 6.45) is 1.44. The maximum atomic E-state index is 10.3. The standard InChI is InChI=1S/C8H13N3O4/c12-2-4-15-3-1-11-6-7(9-10-11)5-8(13)14/h6,12H,1-5H2,(H,13,14). The van der Waals surface area contributed by atoms with Gasteiger partial charge in [0.2, 0.25) is 0 Å². The van der Waals surface area contributed by atoms with Crippen LogP contribution in [-0.2, 0) is 22.5 Å². The summed E-state index contributed by atoms with van der Waals surface area (Å²) >= 11 is 0. The topological polar surface area (TPSA) is 97.5 Å². The normalized spacial score (nSPS) is 10.5. The van der Waals surface area contributed by atoms with Crippen LogP contribution in [0, 0.1) is 0 Å². The highest BCUT2D eigenvalue weighted by atomic mass is 16.5. The molecule has 15 heavy (non-hydrogen) atoms. The fourth-order valence-electron chi connectivity index (χ4n) is 1.01. The molecular weight excluding hydrogens is 202 g/mol. The van der Waals surface area contributed by atoms with Crippen LogP contribution in [-0.4, -0.2) is 51.0 Å². The second-order valence-electron chi connectivity index (χ2n) is 2.88. The summed E-state index contributed by atoms with van der Waals surface area (Å²) in [5.41, 5.74) is 0.421. The summed E-state index contributed by atoms with van der Waals surface area (Å²) in [5, 5.41) is 24.3. The maximum Gasteiger partial charge on any atom is 0.309 e. The molecule has 0 radical (unpaired) electrons. The van der Waals surface area contributed by atoms with E-state index in [9.17, 15) is 4.79 Å². The summed E-state index contributed by atoms with van der Waals surface area (Å²) in [5.74, 6) is -0.932. The SMILES string of the molecule is O=C(O)Cc1cn(CCOCCO)nn1. The molecule has 0 bridgehead atoms. The number of carboxylic acids is 1. The molecule has 7 nitrogen and oxygen atoms in total. The van der Waals surface area contributed by atoms with Crippen LogP contribution in [0.3, 0.4) is 0 Å². The Labute approximate surface area is 86.3 Å². The predicted molar refractivity (Wildman–Crippen MR) is 49.3 cm³/mol. The third kappa shape index (κ3) is 4.52. The number of carboxylic acid groups (broad SMARTS) is 1. The number of hydrogen-bond acceptors (Lipinski definition) is 5. The molecule has 0 aliphatic rings. The Morgan fingerprint density at radius 1 is 1.53 bits per heavy atom. The largest absolute Gasteiger partial charge is 0.481 e. The van der Waals surface area contributed by atoms with Crippen LogP contribution in [0.4, 0.5) is 0 Å². The fraction of sp³-hybridized carbons (Fsp3) is 0.625. The fourth-order valence-corrected chi connectivity index (χ4v) is 1.01. The zero-order valence-corrected chi connectivity index (χ0v) is 8.17. The van der Waals surface area contributed by atoms with Crippen LogP contribution in [0.25, 0.3) is 0 Å². The van der Waals surface area contributed by atoms with E-state index in [1.165, 1.54) is 4.68 Å². The van der Waals surface area contributed by atoms with Gasteiger partial charge in [0.05, 0.1) is 38.5 Å². The molecule has 0 saturated heterocycles. The lowest BCUT2D eigenvalue weighted by atomic mass is 10.3. The molecule has 0 fully saturated rings. The Morgan fingerprint density at radius 2 is 2.33 bits per heavy atom. The van der Waals surface area contributed by atoms with Crippen molar-refractivity contribution in [3.63, 3.8) is 0 Å². The Bertz CT molecular complexity index is 313. The Morgan fingerprint density at radius 3 is 3.00 bits per heavy atom. The Hall–Kier alpha value is -1.47. The van der Waals surface area contributed by atoms with Crippen molar-refractivity contribution in [1.82, 2.24) is 15.0 Å². The number of aliphatic hydroxyl groups excluding tert-OH is 1. The van der Waals surface area contributed by atoms with E-state index in [2.05, 4.69) is 10.3 Å². The smallest absolute Gasteiger partial charge is 0.309 e. The summed E-state index contributed by atoms with van der Waals surface area (Å²) < 4.78 is 6.53. The second-order valence-corrected chi connectivity index (χ2v) is 2.88. The third-order valence-electron chi connectivity index (χ3n) is 1.62. The summed E-state index contributed by atoms with van der Waals surface area (Å²) in [6.45, 7) is 1.18. The molecule has 1 rings (SSSR count). The molecule has 84 valence electrons. The van der Waals surface area contributed by atoms with E-state index in [-0.39, 0.29) is 19.6 Å². The van der Waals surface area contributed by atoms with Crippen molar-refractivity contribution in [2.75, 3.05) is 19.8 Å². The van der Waals surface area contributed by atoms with E-state index in [4.69, 9.17) is 14.9 Å². The number of rotatable bonds is 7. The highest BCUT2D eigenvalue weighted by Crippen LogP contribution is 1.94. The van der Waals surface area contributed by atoms with Gasteiger partial charge in [0.25, 0.3) is 0 Å². The number of aromatic nitrogens is 3. The third-order valence-corrected chi connectivity index (χ3v) is 1.62. The van der Waals surface area contributed by atoms with Crippen molar-refractivity contribution in [3.8, 4) is 0 Å². The van der Waals surface area contributed by atoms with Crippen LogP contribution in [0.2, 0.25) is 0 Å². The zero-order chi connectivity index (χ0) is 11.1. The molecule has 0 aliphatic carbocycles. The van der Waals surface area contributed by atoms with Gasteiger partial charge in [-0.15, -0.1) is 5.10 Å². The molecule has 0 saturated carbocycles. The monoisotopic (exact) mass is 215 g/mol. The van der Waals surface area contributed by atoms with Gasteiger partial charge in [-0.2, -0.15) is 0 Å². The van der Waals surface area contributed by atoms with Gasteiger partial charge in [0, 0.05) is 6.20 Å². The number of hydrogen-bond donors (Lipinski definition) is 2. The minimum absolute atomic E-state index is 0.0123. The molecule has 0 unspecified atom stereocenters. The van der Waals surface area contributed by atoms with Crippen LogP contribution < -0.4 is 0 Å². The van der Waals surface area contributed by atoms with Crippen LogP contribution in [0.1, 0.15) is 5.69 Å². The van der Waals surface area contributed by atoms with Gasteiger partial charge in [0.15, 0.2) is 0 Å². The summed E-state index contributed by atoms with van der Waals surface area (Å²) in [4.78, 5) is 10.3. The van der Waals surface area contributed by atoms with Crippen LogP contribution in [0.5, 0.6) is 0 Å². The molecule has 0 atom stereocenters. The molecule has 0 aliphatic heterocycles. The van der Waals surface area contributed by atoms with E-state index in [1.807, 2.05) is 0 Å². The lowest BCUT2D eigenvalue weighted by Gasteiger charge is -2.00. The first-order valence-corrected chi connectivity index (χ1v) is 4.52. The molecule has 1 heterocycles. The molecule has 7 heteroatoms. The Kier molecular flexibility index (Phi) is 4.72. The number of ether oxygens (including phenoxy) is 1. The van der Waals surface area contributed by atoms with Crippen molar-refractivity contribution < 1.29 is 19.7 Å². The van der Waals surface area contributed by atoms with Gasteiger partial charge in [-0.05, 0) is 0 Å². The van der Waals surface area contributed by atoms with Crippen LogP contribution in [0.15, 0.2) is 6.20 Å². The first-order chi connectivity index (χ1) is 7.22. The number of aliphatic carboxylic acids is 1. The molecule has 2 N–H and O–H groups in total. The lowest BCUT2D eigenvalue weighted by Crippen LogP contribution is -2.08. The highest BCUT2D eigenvalue weighted by molar-refractivity contribution is 5.69. The van der Waals surface area contributed by atoms with E-state index >= 15 is 0 Å². The van der Waals surface area contributed by atoms with Gasteiger partial charge >= 0.3 is 5.97 Å². The average Bonchev–Trinajstić information content (AvgIpc) is 2.59. The minimum atomic E-state index is -0.932. The van der Waals surface area contributed by atoms with E-state index in [0.29, 0.717) is 18.8 Å². The summed E-state index contributed by atoms with van der Waals surface area (Å²) in [6, 6.07) is 0. The predicted octanol–water partition coefficient (Wildman–Crippen LogP) is -1.09. The molecular formula is C8H13N3O4. The van der Waals surface area contributed by atoms with Crippen molar-refractivity contribution in [2.24, 2.45) is 0 Å². The Balaban J connectivity index is 2.29. The first kappa shape index (κ1) is 11.6. The van der Waals surface area contributed by atoms with Crippen molar-refractivity contribution in [2.45, 2.75) is 13.0 Å². The van der Waals surface area contributed by atoms with Gasteiger partial charge in [0.1, 0.15) is 0 Å². The van der Waals surface area contributed by atoms with Crippen molar-refractivity contribution in [1.29, 1.82) is 0 Å². The molecule has 0 amide bonds. The van der Waals surface area contributed by atoms with Gasteiger partial charge in [-0.1, -0.05) is 5.21 Å². The minimum Gasteiger partial charge on any atom is -0.481 e. The number of aliphatic hydroxyl groups is 1. The lowest BCUT2D eigenvalue weighted by molar-refractivity contribution is -0.136. The van der Waals surface area contributed by atoms with E-state index in [0.717, 1.165) is 0 Å². The second kappa shape index (κ2) is 6.10. The highest BCUT2D eigenvalue weighted by Gasteiger charge is 2.04. The van der Waals surface area contributed by atoms with Gasteiger partial charge < -0.3 is 14.9 Å². The average molecular weight is 215 g/mol. The molecule has 0 spiro atoms. The quantitative estimate of drug-likeness (QED) is 0.561. The van der Waals surface area contributed by atoms with E-state index < -0.39 is 5.97 Å². The summed E-state index contributed by atoms with van der Waals surface area (Å²) in [7, 11) is 0. The zero-order valence-electron chi connectivity index (χ0n) is 8.17. The number of nitrogens with zero attached hydrogens (tertiary/aromatic N) is 3. The maximum absolute atomic E-state index is 10.3. The molecule has 1 aromatic heterocycles. The molecule has 0 aromatic carbocycles. The van der Waals surface area contributed by atoms with Gasteiger partial charge in [-0.25, -0.2) is 4.68 Å². The number of carbonyl (C=O) groups is 1.